The Morgan fingerprint density at radius 2 is 1.65 bits per heavy atom. The van der Waals surface area contributed by atoms with Gasteiger partial charge >= 0.3 is 0 Å². The van der Waals surface area contributed by atoms with Crippen LogP contribution in [0.5, 0.6) is 5.75 Å². The van der Waals surface area contributed by atoms with Crippen LogP contribution in [-0.4, -0.2) is 58.1 Å². The maximum absolute atomic E-state index is 13.8. The Hall–Kier alpha value is -3.85. The molecule has 2 amide bonds. The lowest BCUT2D eigenvalue weighted by Crippen LogP contribution is -2.49. The Morgan fingerprint density at radius 3 is 2.30 bits per heavy atom. The van der Waals surface area contributed by atoms with Gasteiger partial charge in [0.2, 0.25) is 21.8 Å². The van der Waals surface area contributed by atoms with E-state index >= 15 is 0 Å². The first-order chi connectivity index (χ1) is 19.0. The summed E-state index contributed by atoms with van der Waals surface area (Å²) < 4.78 is 32.1. The molecule has 3 aromatic carbocycles. The number of hydrogen-bond acceptors (Lipinski definition) is 5. The minimum absolute atomic E-state index is 0.0726. The molecule has 1 atom stereocenters. The molecule has 0 spiro atoms. The van der Waals surface area contributed by atoms with Crippen LogP contribution in [0.25, 0.3) is 0 Å². The van der Waals surface area contributed by atoms with E-state index in [1.54, 1.807) is 19.1 Å². The van der Waals surface area contributed by atoms with Crippen LogP contribution in [0.1, 0.15) is 35.1 Å². The number of carbonyl (C=O) groups excluding carboxylic acids is 2. The highest BCUT2D eigenvalue weighted by molar-refractivity contribution is 7.92. The standard InChI is InChI=1S/C31H39N3O5S/c1-23-16-17-24(2)28(19-23)34(40(5,37)38)18-10-15-30(35)33(22-26-13-9-14-27(20-26)39-4)29(31(36)32-3)21-25-11-7-6-8-12-25/h6-9,11-14,16-17,19-20,29H,10,15,18,21-22H2,1-5H3,(H,32,36). The summed E-state index contributed by atoms with van der Waals surface area (Å²) in [4.78, 5) is 28.5. The first-order valence-corrected chi connectivity index (χ1v) is 15.1. The summed E-state index contributed by atoms with van der Waals surface area (Å²) in [5.74, 6) is 0.150. The number of sulfonamides is 1. The van der Waals surface area contributed by atoms with Gasteiger partial charge in [-0.25, -0.2) is 8.42 Å². The Balaban J connectivity index is 1.88. The second-order valence-corrected chi connectivity index (χ2v) is 11.8. The van der Waals surface area contributed by atoms with Gasteiger partial charge in [-0.05, 0) is 60.7 Å². The van der Waals surface area contributed by atoms with Crippen LogP contribution < -0.4 is 14.4 Å². The number of amides is 2. The van der Waals surface area contributed by atoms with E-state index in [-0.39, 0.29) is 31.3 Å². The molecule has 0 bridgehead atoms. The van der Waals surface area contributed by atoms with Crippen LogP contribution in [0.3, 0.4) is 0 Å². The third-order valence-corrected chi connectivity index (χ3v) is 7.97. The van der Waals surface area contributed by atoms with Crippen LogP contribution in [-0.2, 0) is 32.6 Å². The SMILES string of the molecule is CNC(=O)C(Cc1ccccc1)N(Cc1cccc(OC)c1)C(=O)CCCN(c1cc(C)ccc1C)S(C)(=O)=O. The van der Waals surface area contributed by atoms with E-state index in [1.807, 2.05) is 86.6 Å². The van der Waals surface area contributed by atoms with Gasteiger partial charge in [0.05, 0.1) is 19.1 Å². The van der Waals surface area contributed by atoms with Gasteiger partial charge in [-0.3, -0.25) is 13.9 Å². The number of hydrogen-bond donors (Lipinski definition) is 1. The number of ether oxygens (including phenoxy) is 1. The summed E-state index contributed by atoms with van der Waals surface area (Å²) in [6.45, 7) is 4.12. The summed E-state index contributed by atoms with van der Waals surface area (Å²) in [5.41, 5.74) is 4.14. The van der Waals surface area contributed by atoms with E-state index in [0.717, 1.165) is 22.3 Å². The van der Waals surface area contributed by atoms with Gasteiger partial charge in [-0.1, -0.05) is 54.6 Å². The molecule has 0 aromatic heterocycles. The average Bonchev–Trinajstić information content (AvgIpc) is 2.94. The van der Waals surface area contributed by atoms with E-state index in [9.17, 15) is 18.0 Å². The fraction of sp³-hybridized carbons (Fsp3) is 0.355. The van der Waals surface area contributed by atoms with Crippen LogP contribution >= 0.6 is 0 Å². The first kappa shape index (κ1) is 30.7. The number of nitrogens with one attached hydrogen (secondary N) is 1. The molecule has 9 heteroatoms. The lowest BCUT2D eigenvalue weighted by atomic mass is 10.0. The number of nitrogens with zero attached hydrogens (tertiary/aromatic N) is 2. The minimum atomic E-state index is -3.58. The molecule has 3 rings (SSSR count). The molecular weight excluding hydrogens is 526 g/mol. The number of aryl methyl sites for hydroxylation is 2. The summed E-state index contributed by atoms with van der Waals surface area (Å²) in [7, 11) is -0.440. The lowest BCUT2D eigenvalue weighted by molar-refractivity contribution is -0.141. The van der Waals surface area contributed by atoms with E-state index in [4.69, 9.17) is 4.74 Å². The van der Waals surface area contributed by atoms with Crippen molar-refractivity contribution < 1.29 is 22.7 Å². The summed E-state index contributed by atoms with van der Waals surface area (Å²) in [5, 5.41) is 2.71. The van der Waals surface area contributed by atoms with Crippen molar-refractivity contribution in [2.75, 3.05) is 31.3 Å². The third kappa shape index (κ3) is 8.32. The van der Waals surface area contributed by atoms with Crippen LogP contribution in [0, 0.1) is 13.8 Å². The zero-order chi connectivity index (χ0) is 29.3. The number of likely N-dealkylation sites (N-methyl/N-ethyl adjacent to an activating group) is 1. The maximum Gasteiger partial charge on any atom is 0.242 e. The molecule has 8 nitrogen and oxygen atoms in total. The fourth-order valence-corrected chi connectivity index (χ4v) is 5.67. The average molecular weight is 566 g/mol. The predicted octanol–water partition coefficient (Wildman–Crippen LogP) is 4.24. The molecule has 0 aliphatic heterocycles. The van der Waals surface area contributed by atoms with Gasteiger partial charge in [0.15, 0.2) is 0 Å². The second-order valence-electron chi connectivity index (χ2n) is 9.92. The Morgan fingerprint density at radius 1 is 0.950 bits per heavy atom. The molecule has 0 radical (unpaired) electrons. The third-order valence-electron chi connectivity index (χ3n) is 6.79. The zero-order valence-electron chi connectivity index (χ0n) is 23.9. The van der Waals surface area contributed by atoms with Crippen molar-refractivity contribution in [3.8, 4) is 5.75 Å². The molecule has 1 N–H and O–H groups in total. The lowest BCUT2D eigenvalue weighted by Gasteiger charge is -2.32. The highest BCUT2D eigenvalue weighted by Gasteiger charge is 2.30. The first-order valence-electron chi connectivity index (χ1n) is 13.3. The van der Waals surface area contributed by atoms with Crippen molar-refractivity contribution in [3.63, 3.8) is 0 Å². The Labute approximate surface area is 238 Å². The van der Waals surface area contributed by atoms with Crippen molar-refractivity contribution in [2.24, 2.45) is 0 Å². The number of carbonyl (C=O) groups is 2. The molecule has 1 unspecified atom stereocenters. The molecule has 40 heavy (non-hydrogen) atoms. The van der Waals surface area contributed by atoms with Gasteiger partial charge in [-0.2, -0.15) is 0 Å². The molecule has 0 fully saturated rings. The van der Waals surface area contributed by atoms with Crippen molar-refractivity contribution >= 4 is 27.5 Å². The molecule has 3 aromatic rings. The smallest absolute Gasteiger partial charge is 0.242 e. The predicted molar refractivity (Wildman–Crippen MR) is 159 cm³/mol. The molecule has 0 heterocycles. The largest absolute Gasteiger partial charge is 0.497 e. The molecular formula is C31H39N3O5S. The second kappa shape index (κ2) is 14.0. The molecule has 0 saturated carbocycles. The number of anilines is 1. The van der Waals surface area contributed by atoms with Crippen molar-refractivity contribution in [2.45, 2.75) is 45.7 Å². The summed E-state index contributed by atoms with van der Waals surface area (Å²) >= 11 is 0. The summed E-state index contributed by atoms with van der Waals surface area (Å²) in [6, 6.07) is 21.9. The zero-order valence-corrected chi connectivity index (χ0v) is 24.7. The Bertz CT molecular complexity index is 1410. The normalized spacial score (nSPS) is 11.9. The molecule has 214 valence electrons. The van der Waals surface area contributed by atoms with Crippen molar-refractivity contribution in [1.29, 1.82) is 0 Å². The fourth-order valence-electron chi connectivity index (χ4n) is 4.66. The molecule has 0 aliphatic carbocycles. The summed E-state index contributed by atoms with van der Waals surface area (Å²) in [6.07, 6.45) is 1.88. The van der Waals surface area contributed by atoms with Crippen LogP contribution in [0.2, 0.25) is 0 Å². The molecule has 0 saturated heterocycles. The Kier molecular flexibility index (Phi) is 10.7. The van der Waals surface area contributed by atoms with Gasteiger partial charge in [0.1, 0.15) is 11.8 Å². The number of rotatable bonds is 13. The van der Waals surface area contributed by atoms with Gasteiger partial charge < -0.3 is 15.0 Å². The van der Waals surface area contributed by atoms with Gasteiger partial charge in [0.25, 0.3) is 0 Å². The maximum atomic E-state index is 13.8. The number of methoxy groups -OCH3 is 1. The highest BCUT2D eigenvalue weighted by Crippen LogP contribution is 2.25. The van der Waals surface area contributed by atoms with E-state index in [2.05, 4.69) is 5.32 Å². The number of benzene rings is 3. The van der Waals surface area contributed by atoms with Crippen molar-refractivity contribution in [3.05, 3.63) is 95.1 Å². The topological polar surface area (TPSA) is 96.0 Å². The van der Waals surface area contributed by atoms with Crippen LogP contribution in [0.4, 0.5) is 5.69 Å². The van der Waals surface area contributed by atoms with Crippen molar-refractivity contribution in [1.82, 2.24) is 10.2 Å². The minimum Gasteiger partial charge on any atom is -0.497 e. The van der Waals surface area contributed by atoms with E-state index < -0.39 is 16.1 Å². The van der Waals surface area contributed by atoms with E-state index in [0.29, 0.717) is 24.3 Å². The molecule has 0 aliphatic rings. The van der Waals surface area contributed by atoms with Crippen LogP contribution in [0.15, 0.2) is 72.8 Å². The highest BCUT2D eigenvalue weighted by atomic mass is 32.2. The quantitative estimate of drug-likeness (QED) is 0.334. The van der Waals surface area contributed by atoms with Gasteiger partial charge in [-0.15, -0.1) is 0 Å². The van der Waals surface area contributed by atoms with E-state index in [1.165, 1.54) is 10.6 Å². The monoisotopic (exact) mass is 565 g/mol. The van der Waals surface area contributed by atoms with Gasteiger partial charge in [0, 0.05) is 33.0 Å².